The Morgan fingerprint density at radius 1 is 1.50 bits per heavy atom. The van der Waals surface area contributed by atoms with Gasteiger partial charge in [-0.2, -0.15) is 0 Å². The lowest BCUT2D eigenvalue weighted by Gasteiger charge is -2.11. The highest BCUT2D eigenvalue weighted by Crippen LogP contribution is 2.28. The van der Waals surface area contributed by atoms with Crippen molar-refractivity contribution in [1.29, 1.82) is 0 Å². The second-order valence-corrected chi connectivity index (χ2v) is 4.37. The summed E-state index contributed by atoms with van der Waals surface area (Å²) >= 11 is 0. The van der Waals surface area contributed by atoms with Gasteiger partial charge in [0.1, 0.15) is 0 Å². The van der Waals surface area contributed by atoms with E-state index in [1.807, 2.05) is 6.92 Å². The minimum Gasteiger partial charge on any atom is -0.466 e. The molecule has 106 valence electrons. The molecule has 0 bridgehead atoms. The van der Waals surface area contributed by atoms with Gasteiger partial charge in [0.2, 0.25) is 0 Å². The van der Waals surface area contributed by atoms with E-state index in [1.54, 1.807) is 7.05 Å². The van der Waals surface area contributed by atoms with Crippen LogP contribution in [0.15, 0.2) is 4.99 Å². The van der Waals surface area contributed by atoms with Crippen molar-refractivity contribution in [2.75, 3.05) is 20.2 Å². The molecule has 0 heterocycles. The molecule has 2 unspecified atom stereocenters. The van der Waals surface area contributed by atoms with Crippen molar-refractivity contribution in [3.05, 3.63) is 0 Å². The van der Waals surface area contributed by atoms with Crippen LogP contribution in [0.25, 0.3) is 0 Å². The van der Waals surface area contributed by atoms with E-state index in [0.717, 1.165) is 24.8 Å². The maximum atomic E-state index is 11.1. The second kappa shape index (κ2) is 9.41. The summed E-state index contributed by atoms with van der Waals surface area (Å²) in [5.74, 6) is 1.43. The normalized spacial score (nSPS) is 21.8. The molecule has 0 saturated heterocycles. The van der Waals surface area contributed by atoms with Crippen LogP contribution in [0.2, 0.25) is 0 Å². The molecule has 0 radical (unpaired) electrons. The van der Waals surface area contributed by atoms with Gasteiger partial charge in [-0.25, -0.2) is 0 Å². The van der Waals surface area contributed by atoms with Crippen molar-refractivity contribution in [1.82, 2.24) is 10.6 Å². The predicted octanol–water partition coefficient (Wildman–Crippen LogP) is 1.52. The van der Waals surface area contributed by atoms with Crippen molar-refractivity contribution in [3.8, 4) is 0 Å². The zero-order chi connectivity index (χ0) is 12.7. The fourth-order valence-corrected chi connectivity index (χ4v) is 1.57. The number of esters is 1. The Morgan fingerprint density at radius 2 is 2.17 bits per heavy atom. The number of nitrogens with zero attached hydrogens (tertiary/aromatic N) is 1. The van der Waals surface area contributed by atoms with E-state index in [1.165, 1.54) is 6.42 Å². The summed E-state index contributed by atoms with van der Waals surface area (Å²) in [6, 6.07) is 0.561. The number of aliphatic imine (C=N–C) groups is 1. The number of halogens is 1. The summed E-state index contributed by atoms with van der Waals surface area (Å²) in [5, 5.41) is 6.52. The van der Waals surface area contributed by atoms with Crippen LogP contribution in [-0.4, -0.2) is 38.2 Å². The molecule has 2 atom stereocenters. The molecule has 5 nitrogen and oxygen atoms in total. The molecular weight excluding hydrogens is 345 g/mol. The van der Waals surface area contributed by atoms with Crippen molar-refractivity contribution in [2.45, 2.75) is 39.2 Å². The molecule has 1 aliphatic carbocycles. The lowest BCUT2D eigenvalue weighted by molar-refractivity contribution is -0.143. The van der Waals surface area contributed by atoms with Gasteiger partial charge in [-0.1, -0.05) is 6.92 Å². The van der Waals surface area contributed by atoms with Gasteiger partial charge in [0.05, 0.1) is 6.61 Å². The molecule has 1 fully saturated rings. The van der Waals surface area contributed by atoms with Gasteiger partial charge >= 0.3 is 5.97 Å². The Kier molecular flexibility index (Phi) is 9.13. The largest absolute Gasteiger partial charge is 0.466 e. The highest BCUT2D eigenvalue weighted by atomic mass is 127. The third-order valence-corrected chi connectivity index (χ3v) is 2.81. The SMILES string of the molecule is CCOC(=O)CCCNC(=NC)NC1CC1C.I. The number of nitrogens with one attached hydrogen (secondary N) is 2. The van der Waals surface area contributed by atoms with Crippen LogP contribution in [0, 0.1) is 5.92 Å². The van der Waals surface area contributed by atoms with Crippen LogP contribution in [0.4, 0.5) is 0 Å². The van der Waals surface area contributed by atoms with Crippen LogP contribution < -0.4 is 10.6 Å². The fraction of sp³-hybridized carbons (Fsp3) is 0.833. The van der Waals surface area contributed by atoms with Crippen LogP contribution in [0.1, 0.15) is 33.1 Å². The Morgan fingerprint density at radius 3 is 2.67 bits per heavy atom. The Hall–Kier alpha value is -0.530. The van der Waals surface area contributed by atoms with Gasteiger partial charge in [0.15, 0.2) is 5.96 Å². The van der Waals surface area contributed by atoms with Gasteiger partial charge < -0.3 is 15.4 Å². The summed E-state index contributed by atoms with van der Waals surface area (Å²) in [6.07, 6.45) is 2.43. The average Bonchev–Trinajstić information content (AvgIpc) is 2.99. The molecule has 1 rings (SSSR count). The zero-order valence-electron chi connectivity index (χ0n) is 11.4. The topological polar surface area (TPSA) is 62.7 Å². The summed E-state index contributed by atoms with van der Waals surface area (Å²) < 4.78 is 4.85. The lowest BCUT2D eigenvalue weighted by atomic mass is 10.3. The van der Waals surface area contributed by atoms with Gasteiger partial charge in [0, 0.05) is 26.1 Å². The summed E-state index contributed by atoms with van der Waals surface area (Å²) in [5.41, 5.74) is 0. The quantitative estimate of drug-likeness (QED) is 0.245. The third-order valence-electron chi connectivity index (χ3n) is 2.81. The molecule has 0 spiro atoms. The second-order valence-electron chi connectivity index (χ2n) is 4.37. The number of rotatable bonds is 6. The Labute approximate surface area is 126 Å². The highest BCUT2D eigenvalue weighted by molar-refractivity contribution is 14.0. The average molecular weight is 369 g/mol. The van der Waals surface area contributed by atoms with E-state index in [2.05, 4.69) is 22.5 Å². The molecule has 0 aromatic rings. The Bertz CT molecular complexity index is 284. The van der Waals surface area contributed by atoms with Gasteiger partial charge in [-0.05, 0) is 25.7 Å². The first-order chi connectivity index (χ1) is 8.17. The molecule has 18 heavy (non-hydrogen) atoms. The maximum Gasteiger partial charge on any atom is 0.305 e. The van der Waals surface area contributed by atoms with Crippen LogP contribution in [-0.2, 0) is 9.53 Å². The molecular formula is C12H24IN3O2. The molecule has 0 amide bonds. The maximum absolute atomic E-state index is 11.1. The van der Waals surface area contributed by atoms with Gasteiger partial charge in [-0.15, -0.1) is 24.0 Å². The van der Waals surface area contributed by atoms with Crippen molar-refractivity contribution < 1.29 is 9.53 Å². The molecule has 2 N–H and O–H groups in total. The standard InChI is InChI=1S/C12H23N3O2.HI/c1-4-17-11(16)6-5-7-14-12(13-3)15-10-8-9(10)2;/h9-10H,4-8H2,1-3H3,(H2,13,14,15);1H. The molecule has 0 aromatic carbocycles. The zero-order valence-corrected chi connectivity index (χ0v) is 13.7. The van der Waals surface area contributed by atoms with E-state index in [4.69, 9.17) is 4.74 Å². The van der Waals surface area contributed by atoms with E-state index in [0.29, 0.717) is 19.1 Å². The number of hydrogen-bond donors (Lipinski definition) is 2. The third kappa shape index (κ3) is 7.03. The number of hydrogen-bond acceptors (Lipinski definition) is 3. The highest BCUT2D eigenvalue weighted by Gasteiger charge is 2.33. The number of ether oxygens (including phenoxy) is 1. The van der Waals surface area contributed by atoms with Gasteiger partial charge in [-0.3, -0.25) is 9.79 Å². The van der Waals surface area contributed by atoms with E-state index in [-0.39, 0.29) is 29.9 Å². The smallest absolute Gasteiger partial charge is 0.305 e. The first-order valence-corrected chi connectivity index (χ1v) is 6.30. The summed E-state index contributed by atoms with van der Waals surface area (Å²) in [7, 11) is 1.76. The van der Waals surface area contributed by atoms with Crippen LogP contribution in [0.3, 0.4) is 0 Å². The summed E-state index contributed by atoms with van der Waals surface area (Å²) in [6.45, 7) is 5.22. The molecule has 6 heteroatoms. The monoisotopic (exact) mass is 369 g/mol. The minimum absolute atomic E-state index is 0. The minimum atomic E-state index is -0.131. The Balaban J connectivity index is 0.00000289. The first kappa shape index (κ1) is 17.5. The van der Waals surface area contributed by atoms with Crippen molar-refractivity contribution in [3.63, 3.8) is 0 Å². The molecule has 1 saturated carbocycles. The first-order valence-electron chi connectivity index (χ1n) is 6.30. The van der Waals surface area contributed by atoms with Crippen molar-refractivity contribution in [2.24, 2.45) is 10.9 Å². The number of guanidine groups is 1. The molecule has 1 aliphatic rings. The van der Waals surface area contributed by atoms with Crippen LogP contribution >= 0.6 is 24.0 Å². The number of carbonyl (C=O) groups is 1. The fourth-order valence-electron chi connectivity index (χ4n) is 1.57. The van der Waals surface area contributed by atoms with Crippen LogP contribution in [0.5, 0.6) is 0 Å². The van der Waals surface area contributed by atoms with Gasteiger partial charge in [0.25, 0.3) is 0 Å². The molecule has 0 aliphatic heterocycles. The van der Waals surface area contributed by atoms with E-state index >= 15 is 0 Å². The predicted molar refractivity (Wildman–Crippen MR) is 83.3 cm³/mol. The van der Waals surface area contributed by atoms with E-state index in [9.17, 15) is 4.79 Å². The summed E-state index contributed by atoms with van der Waals surface area (Å²) in [4.78, 5) is 15.2. The van der Waals surface area contributed by atoms with Crippen molar-refractivity contribution >= 4 is 35.9 Å². The number of carbonyl (C=O) groups excluding carboxylic acids is 1. The molecule has 0 aromatic heterocycles. The van der Waals surface area contributed by atoms with E-state index < -0.39 is 0 Å². The lowest BCUT2D eigenvalue weighted by Crippen LogP contribution is -2.39.